The summed E-state index contributed by atoms with van der Waals surface area (Å²) in [6.07, 6.45) is 1.93. The van der Waals surface area contributed by atoms with E-state index in [0.29, 0.717) is 18.5 Å². The molecule has 0 aliphatic rings. The van der Waals surface area contributed by atoms with Gasteiger partial charge in [-0.15, -0.1) is 0 Å². The Morgan fingerprint density at radius 1 is 0.925 bits per heavy atom. The van der Waals surface area contributed by atoms with E-state index in [1.54, 1.807) is 11.0 Å². The number of aryl methyl sites for hydroxylation is 1. The minimum Gasteiger partial charge on any atom is -0.352 e. The summed E-state index contributed by atoms with van der Waals surface area (Å²) in [5.41, 5.74) is 3.36. The fourth-order valence-corrected chi connectivity index (χ4v) is 5.73. The first-order valence-electron chi connectivity index (χ1n) is 13.4. The van der Waals surface area contributed by atoms with Crippen LogP contribution in [0.15, 0.2) is 83.3 Å². The molecule has 0 radical (unpaired) electrons. The van der Waals surface area contributed by atoms with Gasteiger partial charge in [0.25, 0.3) is 0 Å². The van der Waals surface area contributed by atoms with Gasteiger partial charge in [0.05, 0.1) is 11.9 Å². The number of carbonyl (C=O) groups is 2. The van der Waals surface area contributed by atoms with E-state index in [0.717, 1.165) is 21.2 Å². The topological polar surface area (TPSA) is 86.8 Å². The van der Waals surface area contributed by atoms with Crippen molar-refractivity contribution in [3.63, 3.8) is 0 Å². The molecule has 0 heterocycles. The van der Waals surface area contributed by atoms with Gasteiger partial charge in [0.15, 0.2) is 0 Å². The van der Waals surface area contributed by atoms with Crippen molar-refractivity contribution < 1.29 is 18.0 Å². The smallest absolute Gasteiger partial charge is 0.243 e. The van der Waals surface area contributed by atoms with E-state index < -0.39 is 16.1 Å². The molecular weight excluding hydrogens is 590 g/mol. The minimum atomic E-state index is -3.55. The Morgan fingerprint density at radius 2 is 1.60 bits per heavy atom. The third-order valence-electron chi connectivity index (χ3n) is 6.41. The Bertz CT molecular complexity index is 1380. The van der Waals surface area contributed by atoms with Gasteiger partial charge in [-0.2, -0.15) is 0 Å². The van der Waals surface area contributed by atoms with Crippen LogP contribution in [0.5, 0.6) is 0 Å². The van der Waals surface area contributed by atoms with Crippen LogP contribution in [0, 0.1) is 6.92 Å². The molecule has 0 aromatic heterocycles. The molecule has 40 heavy (non-hydrogen) atoms. The zero-order chi connectivity index (χ0) is 29.3. The average molecular weight is 629 g/mol. The second kappa shape index (κ2) is 14.5. The zero-order valence-electron chi connectivity index (χ0n) is 23.5. The first-order chi connectivity index (χ1) is 18.9. The van der Waals surface area contributed by atoms with E-state index in [1.165, 1.54) is 10.6 Å². The highest BCUT2D eigenvalue weighted by molar-refractivity contribution is 9.10. The number of amides is 2. The molecule has 0 saturated carbocycles. The molecule has 0 aliphatic heterocycles. The standard InChI is InChI=1S/C31H38BrN3O4S/c1-23(2)33-31(37)29(21-25-11-6-5-7-12-25)34(22-26-15-17-27(32)18-16-26)30(36)14-9-19-35(40(4,38)39)28-13-8-10-24(3)20-28/h5-8,10-13,15-18,20,23,29H,9,14,19,21-22H2,1-4H3,(H,33,37). The number of hydrogen-bond acceptors (Lipinski definition) is 4. The summed E-state index contributed by atoms with van der Waals surface area (Å²) in [4.78, 5) is 28.9. The van der Waals surface area contributed by atoms with Crippen molar-refractivity contribution >= 4 is 43.5 Å². The summed E-state index contributed by atoms with van der Waals surface area (Å²) in [5, 5.41) is 2.99. The van der Waals surface area contributed by atoms with Gasteiger partial charge in [-0.25, -0.2) is 8.42 Å². The van der Waals surface area contributed by atoms with E-state index in [1.807, 2.05) is 93.6 Å². The number of hydrogen-bond donors (Lipinski definition) is 1. The van der Waals surface area contributed by atoms with Crippen molar-refractivity contribution in [2.45, 2.75) is 58.7 Å². The van der Waals surface area contributed by atoms with Crippen LogP contribution in [0.4, 0.5) is 5.69 Å². The minimum absolute atomic E-state index is 0.0898. The van der Waals surface area contributed by atoms with Gasteiger partial charge in [-0.05, 0) is 68.1 Å². The summed E-state index contributed by atoms with van der Waals surface area (Å²) >= 11 is 3.45. The summed E-state index contributed by atoms with van der Waals surface area (Å²) in [5.74, 6) is -0.428. The first kappa shape index (κ1) is 31.4. The van der Waals surface area contributed by atoms with Gasteiger partial charge in [0, 0.05) is 36.4 Å². The Labute approximate surface area is 246 Å². The first-order valence-corrected chi connectivity index (χ1v) is 16.0. The van der Waals surface area contributed by atoms with E-state index in [-0.39, 0.29) is 37.4 Å². The largest absolute Gasteiger partial charge is 0.352 e. The van der Waals surface area contributed by atoms with Crippen molar-refractivity contribution in [1.82, 2.24) is 10.2 Å². The van der Waals surface area contributed by atoms with E-state index in [9.17, 15) is 18.0 Å². The van der Waals surface area contributed by atoms with Crippen LogP contribution >= 0.6 is 15.9 Å². The second-order valence-electron chi connectivity index (χ2n) is 10.3. The van der Waals surface area contributed by atoms with Crippen LogP contribution in [0.25, 0.3) is 0 Å². The van der Waals surface area contributed by atoms with Crippen molar-refractivity contribution in [2.24, 2.45) is 0 Å². The maximum absolute atomic E-state index is 13.8. The Hall–Kier alpha value is -3.17. The maximum atomic E-state index is 13.8. The maximum Gasteiger partial charge on any atom is 0.243 e. The highest BCUT2D eigenvalue weighted by Gasteiger charge is 2.31. The number of sulfonamides is 1. The molecule has 3 aromatic rings. The fraction of sp³-hybridized carbons (Fsp3) is 0.355. The summed E-state index contributed by atoms with van der Waals surface area (Å²) in [6.45, 7) is 6.10. The predicted molar refractivity (Wildman–Crippen MR) is 165 cm³/mol. The SMILES string of the molecule is Cc1cccc(N(CCCC(=O)N(Cc2ccc(Br)cc2)C(Cc2ccccc2)C(=O)NC(C)C)S(C)(=O)=O)c1. The van der Waals surface area contributed by atoms with Crippen LogP contribution in [-0.2, 0) is 32.6 Å². The normalized spacial score (nSPS) is 12.2. The quantitative estimate of drug-likeness (QED) is 0.272. The Balaban J connectivity index is 1.87. The van der Waals surface area contributed by atoms with E-state index in [2.05, 4.69) is 21.2 Å². The average Bonchev–Trinajstić information content (AvgIpc) is 2.89. The van der Waals surface area contributed by atoms with Gasteiger partial charge < -0.3 is 10.2 Å². The molecule has 1 N–H and O–H groups in total. The Morgan fingerprint density at radius 3 is 2.20 bits per heavy atom. The molecule has 1 unspecified atom stereocenters. The van der Waals surface area contributed by atoms with Crippen LogP contribution in [0.1, 0.15) is 43.4 Å². The van der Waals surface area contributed by atoms with Crippen LogP contribution in [0.3, 0.4) is 0 Å². The van der Waals surface area contributed by atoms with E-state index in [4.69, 9.17) is 0 Å². The zero-order valence-corrected chi connectivity index (χ0v) is 25.9. The lowest BCUT2D eigenvalue weighted by Gasteiger charge is -2.32. The molecule has 3 rings (SSSR count). The summed E-state index contributed by atoms with van der Waals surface area (Å²) in [7, 11) is -3.55. The van der Waals surface area contributed by atoms with Gasteiger partial charge >= 0.3 is 0 Å². The molecule has 9 heteroatoms. The van der Waals surface area contributed by atoms with Gasteiger partial charge in [-0.1, -0.05) is 70.5 Å². The molecule has 0 bridgehead atoms. The molecule has 3 aromatic carbocycles. The molecule has 0 spiro atoms. The number of nitrogens with one attached hydrogen (secondary N) is 1. The number of carbonyl (C=O) groups excluding carboxylic acids is 2. The predicted octanol–water partition coefficient (Wildman–Crippen LogP) is 5.47. The number of halogens is 1. The lowest BCUT2D eigenvalue weighted by Crippen LogP contribution is -2.51. The molecule has 0 aliphatic carbocycles. The molecule has 214 valence electrons. The number of rotatable bonds is 13. The lowest BCUT2D eigenvalue weighted by molar-refractivity contribution is -0.141. The summed E-state index contributed by atoms with van der Waals surface area (Å²) in [6, 6.07) is 23.8. The third-order valence-corrected chi connectivity index (χ3v) is 8.13. The van der Waals surface area contributed by atoms with Gasteiger partial charge in [0.1, 0.15) is 6.04 Å². The van der Waals surface area contributed by atoms with Crippen molar-refractivity contribution in [2.75, 3.05) is 17.1 Å². The van der Waals surface area contributed by atoms with Crippen molar-refractivity contribution in [3.05, 3.63) is 100 Å². The number of anilines is 1. The second-order valence-corrected chi connectivity index (χ2v) is 13.1. The van der Waals surface area contributed by atoms with Crippen molar-refractivity contribution in [3.8, 4) is 0 Å². The van der Waals surface area contributed by atoms with E-state index >= 15 is 0 Å². The van der Waals surface area contributed by atoms with Crippen LogP contribution < -0.4 is 9.62 Å². The lowest BCUT2D eigenvalue weighted by atomic mass is 10.0. The fourth-order valence-electron chi connectivity index (χ4n) is 4.51. The number of benzene rings is 3. The Kier molecular flexibility index (Phi) is 11.3. The molecule has 7 nitrogen and oxygen atoms in total. The molecule has 1 atom stereocenters. The van der Waals surface area contributed by atoms with Crippen LogP contribution in [-0.4, -0.2) is 50.0 Å². The van der Waals surface area contributed by atoms with Crippen molar-refractivity contribution in [1.29, 1.82) is 0 Å². The highest BCUT2D eigenvalue weighted by Crippen LogP contribution is 2.21. The molecular formula is C31H38BrN3O4S. The van der Waals surface area contributed by atoms with Gasteiger partial charge in [-0.3, -0.25) is 13.9 Å². The highest BCUT2D eigenvalue weighted by atomic mass is 79.9. The molecule has 0 fully saturated rings. The number of nitrogens with zero attached hydrogens (tertiary/aromatic N) is 2. The summed E-state index contributed by atoms with van der Waals surface area (Å²) < 4.78 is 27.5. The van der Waals surface area contributed by atoms with Gasteiger partial charge in [0.2, 0.25) is 21.8 Å². The third kappa shape index (κ3) is 9.48. The van der Waals surface area contributed by atoms with Crippen LogP contribution in [0.2, 0.25) is 0 Å². The monoisotopic (exact) mass is 627 g/mol. The molecule has 2 amide bonds. The molecule has 0 saturated heterocycles.